The molecule has 1 aliphatic rings. The van der Waals surface area contributed by atoms with Crippen LogP contribution in [0.1, 0.15) is 20.3 Å². The molecular formula is C8H14Y3-2. The van der Waals surface area contributed by atoms with E-state index in [2.05, 4.69) is 27.2 Å². The molecular weight excluding hydrogens is 363 g/mol. The molecule has 0 N–H and O–H groups in total. The van der Waals surface area contributed by atoms with E-state index in [0.29, 0.717) is 5.92 Å². The first-order chi connectivity index (χ1) is 3.72. The van der Waals surface area contributed by atoms with Crippen LogP contribution in [0, 0.1) is 31.1 Å². The summed E-state index contributed by atoms with van der Waals surface area (Å²) < 4.78 is 0. The molecule has 3 heteroatoms. The summed E-state index contributed by atoms with van der Waals surface area (Å²) in [7, 11) is 0. The molecule has 0 aromatic heterocycles. The molecule has 1 saturated carbocycles. The van der Waals surface area contributed by atoms with Gasteiger partial charge in [0, 0.05) is 98.1 Å². The van der Waals surface area contributed by atoms with E-state index in [1.165, 1.54) is 6.42 Å². The second-order valence-electron chi connectivity index (χ2n) is 2.97. The van der Waals surface area contributed by atoms with Gasteiger partial charge < -0.3 is 13.3 Å². The maximum atomic E-state index is 4.01. The number of rotatable bonds is 0. The average molecular weight is 377 g/mol. The zero-order valence-corrected chi connectivity index (χ0v) is 16.0. The Kier molecular flexibility index (Phi) is 17.7. The Bertz CT molecular complexity index is 75.4. The van der Waals surface area contributed by atoms with E-state index in [1.807, 2.05) is 0 Å². The first-order valence-corrected chi connectivity index (χ1v) is 3.38. The fourth-order valence-corrected chi connectivity index (χ4v) is 1.24. The zero-order chi connectivity index (χ0) is 6.15. The molecule has 0 amide bonds. The quantitative estimate of drug-likeness (QED) is 0.569. The molecule has 1 fully saturated rings. The number of hydrogen-bond acceptors (Lipinski definition) is 0. The van der Waals surface area contributed by atoms with Crippen molar-refractivity contribution in [1.29, 1.82) is 0 Å². The summed E-state index contributed by atoms with van der Waals surface area (Å²) in [5.74, 6) is 2.30. The van der Waals surface area contributed by atoms with E-state index in [1.54, 1.807) is 0 Å². The van der Waals surface area contributed by atoms with Crippen molar-refractivity contribution in [2.75, 3.05) is 0 Å². The molecule has 0 bridgehead atoms. The SMILES string of the molecule is [CH2-]C1[CH-]CC(C)C1C.[Y].[Y].[Y]. The standard InChI is InChI=1S/C8H14.3Y/c1-6-4-5-7(2)8(6)3;;;/h4,6-8H,1,5H2,2-3H3;;;/q-2;;;. The molecule has 0 aromatic carbocycles. The first-order valence-electron chi connectivity index (χ1n) is 3.38. The molecule has 0 aliphatic heterocycles. The zero-order valence-electron chi connectivity index (χ0n) is 7.46. The Morgan fingerprint density at radius 2 is 1.64 bits per heavy atom. The molecule has 3 unspecified atom stereocenters. The van der Waals surface area contributed by atoms with Crippen LogP contribution in [0.3, 0.4) is 0 Å². The van der Waals surface area contributed by atoms with Gasteiger partial charge in [0.15, 0.2) is 0 Å². The van der Waals surface area contributed by atoms with Crippen molar-refractivity contribution in [2.45, 2.75) is 20.3 Å². The van der Waals surface area contributed by atoms with E-state index in [9.17, 15) is 0 Å². The molecule has 0 nitrogen and oxygen atoms in total. The van der Waals surface area contributed by atoms with Crippen molar-refractivity contribution in [3.05, 3.63) is 13.3 Å². The molecule has 0 aromatic rings. The molecule has 0 spiro atoms. The third-order valence-electron chi connectivity index (χ3n) is 2.38. The third kappa shape index (κ3) is 6.40. The van der Waals surface area contributed by atoms with Crippen molar-refractivity contribution >= 4 is 0 Å². The Morgan fingerprint density at radius 3 is 1.73 bits per heavy atom. The van der Waals surface area contributed by atoms with Crippen molar-refractivity contribution in [1.82, 2.24) is 0 Å². The van der Waals surface area contributed by atoms with Crippen LogP contribution in [-0.4, -0.2) is 0 Å². The summed E-state index contributed by atoms with van der Waals surface area (Å²) in [5, 5.41) is 0. The van der Waals surface area contributed by atoms with Gasteiger partial charge in [-0.15, -0.1) is 0 Å². The maximum absolute atomic E-state index is 4.01. The van der Waals surface area contributed by atoms with Gasteiger partial charge >= 0.3 is 0 Å². The minimum absolute atomic E-state index is 0. The predicted molar refractivity (Wildman–Crippen MR) is 36.1 cm³/mol. The van der Waals surface area contributed by atoms with Crippen LogP contribution >= 0.6 is 0 Å². The van der Waals surface area contributed by atoms with Gasteiger partial charge in [-0.2, -0.15) is 6.42 Å². The van der Waals surface area contributed by atoms with E-state index in [0.717, 1.165) is 11.8 Å². The van der Waals surface area contributed by atoms with Crippen molar-refractivity contribution in [3.63, 3.8) is 0 Å². The number of hydrogen-bond donors (Lipinski definition) is 0. The van der Waals surface area contributed by atoms with Crippen LogP contribution in [0.25, 0.3) is 0 Å². The minimum atomic E-state index is 0. The van der Waals surface area contributed by atoms with Crippen molar-refractivity contribution < 1.29 is 98.1 Å². The van der Waals surface area contributed by atoms with Crippen LogP contribution in [-0.2, 0) is 98.1 Å². The third-order valence-corrected chi connectivity index (χ3v) is 2.38. The molecule has 57 valence electrons. The molecule has 3 radical (unpaired) electrons. The fraction of sp³-hybridized carbons (Fsp3) is 0.750. The Hall–Kier alpha value is 3.31. The van der Waals surface area contributed by atoms with Crippen molar-refractivity contribution in [3.8, 4) is 0 Å². The van der Waals surface area contributed by atoms with Crippen molar-refractivity contribution in [2.24, 2.45) is 17.8 Å². The van der Waals surface area contributed by atoms with Crippen LogP contribution < -0.4 is 0 Å². The summed E-state index contributed by atoms with van der Waals surface area (Å²) in [6.07, 6.45) is 3.60. The summed E-state index contributed by atoms with van der Waals surface area (Å²) in [6, 6.07) is 0. The summed E-state index contributed by atoms with van der Waals surface area (Å²) in [4.78, 5) is 0. The second-order valence-corrected chi connectivity index (χ2v) is 2.97. The van der Waals surface area contributed by atoms with Gasteiger partial charge in [-0.05, 0) is 0 Å². The van der Waals surface area contributed by atoms with Gasteiger partial charge in [0.1, 0.15) is 0 Å². The molecule has 1 aliphatic carbocycles. The van der Waals surface area contributed by atoms with Gasteiger partial charge in [-0.1, -0.05) is 25.7 Å². The van der Waals surface area contributed by atoms with E-state index >= 15 is 0 Å². The summed E-state index contributed by atoms with van der Waals surface area (Å²) in [6.45, 7) is 8.59. The van der Waals surface area contributed by atoms with Gasteiger partial charge in [-0.25, -0.2) is 0 Å². The molecule has 3 atom stereocenters. The fourth-order valence-electron chi connectivity index (χ4n) is 1.24. The second kappa shape index (κ2) is 9.85. The van der Waals surface area contributed by atoms with E-state index < -0.39 is 0 Å². The van der Waals surface area contributed by atoms with Gasteiger partial charge in [0.2, 0.25) is 0 Å². The van der Waals surface area contributed by atoms with Gasteiger partial charge in [-0.3, -0.25) is 5.92 Å². The Morgan fingerprint density at radius 1 is 1.18 bits per heavy atom. The average Bonchev–Trinajstić information content (AvgIpc) is 1.98. The molecule has 11 heavy (non-hydrogen) atoms. The Labute approximate surface area is 146 Å². The minimum Gasteiger partial charge on any atom is -0.369 e. The molecule has 1 rings (SSSR count). The maximum Gasteiger partial charge on any atom is 0 e. The topological polar surface area (TPSA) is 0 Å². The smallest absolute Gasteiger partial charge is 0 e. The first kappa shape index (κ1) is 19.8. The van der Waals surface area contributed by atoms with E-state index in [4.69, 9.17) is 0 Å². The molecule has 0 heterocycles. The van der Waals surface area contributed by atoms with Gasteiger partial charge in [0.05, 0.1) is 0 Å². The van der Waals surface area contributed by atoms with Crippen LogP contribution in [0.5, 0.6) is 0 Å². The summed E-state index contributed by atoms with van der Waals surface area (Å²) >= 11 is 0. The van der Waals surface area contributed by atoms with Crippen LogP contribution in [0.15, 0.2) is 0 Å². The monoisotopic (exact) mass is 377 g/mol. The van der Waals surface area contributed by atoms with Gasteiger partial charge in [0.25, 0.3) is 0 Å². The van der Waals surface area contributed by atoms with Crippen LogP contribution in [0.4, 0.5) is 0 Å². The van der Waals surface area contributed by atoms with Crippen LogP contribution in [0.2, 0.25) is 0 Å². The largest absolute Gasteiger partial charge is 0.369 e. The normalized spacial score (nSPS) is 34.6. The molecule has 0 saturated heterocycles. The summed E-state index contributed by atoms with van der Waals surface area (Å²) in [5.41, 5.74) is 0. The Balaban J connectivity index is -0.000000213. The van der Waals surface area contributed by atoms with E-state index in [-0.39, 0.29) is 98.1 Å². The predicted octanol–water partition coefficient (Wildman–Crippen LogP) is 2.31.